The molecule has 0 radical (unpaired) electrons. The Kier molecular flexibility index (Phi) is 5.79. The summed E-state index contributed by atoms with van der Waals surface area (Å²) in [5.41, 5.74) is 1.41. The van der Waals surface area contributed by atoms with Crippen LogP contribution in [0.5, 0.6) is 5.75 Å². The first-order chi connectivity index (χ1) is 15.1. The van der Waals surface area contributed by atoms with E-state index in [0.29, 0.717) is 25.1 Å². The average molecular weight is 499 g/mol. The molecule has 0 fully saturated rings. The van der Waals surface area contributed by atoms with Crippen molar-refractivity contribution in [3.05, 3.63) is 75.9 Å². The number of hydrogen-bond acceptors (Lipinski definition) is 4. The molecule has 4 rings (SSSR count). The van der Waals surface area contributed by atoms with Gasteiger partial charge in [-0.3, -0.25) is 9.69 Å². The molecule has 2 aliphatic heterocycles. The highest BCUT2D eigenvalue weighted by atomic mass is 79.9. The average Bonchev–Trinajstić information content (AvgIpc) is 2.97. The number of amides is 2. The zero-order valence-electron chi connectivity index (χ0n) is 18.7. The molecule has 2 aliphatic rings. The van der Waals surface area contributed by atoms with E-state index in [-0.39, 0.29) is 12.0 Å². The Morgan fingerprint density at radius 3 is 2.47 bits per heavy atom. The molecule has 2 aromatic carbocycles. The summed E-state index contributed by atoms with van der Waals surface area (Å²) in [7, 11) is 1.63. The van der Waals surface area contributed by atoms with E-state index in [1.165, 1.54) is 0 Å². The summed E-state index contributed by atoms with van der Waals surface area (Å²) in [6.45, 7) is 6.43. The maximum atomic E-state index is 13.5. The summed E-state index contributed by atoms with van der Waals surface area (Å²) < 4.78 is 11.7. The second-order valence-electron chi connectivity index (χ2n) is 9.07. The second kappa shape index (κ2) is 8.28. The van der Waals surface area contributed by atoms with Crippen LogP contribution in [0.15, 0.2) is 59.2 Å². The van der Waals surface area contributed by atoms with Gasteiger partial charge < -0.3 is 14.4 Å². The van der Waals surface area contributed by atoms with E-state index in [9.17, 15) is 9.59 Å². The van der Waals surface area contributed by atoms with Crippen LogP contribution in [0.1, 0.15) is 48.7 Å². The van der Waals surface area contributed by atoms with Gasteiger partial charge in [0.2, 0.25) is 0 Å². The third-order valence-corrected chi connectivity index (χ3v) is 6.46. The number of ether oxygens (including phenoxy) is 2. The predicted molar refractivity (Wildman–Crippen MR) is 125 cm³/mol. The van der Waals surface area contributed by atoms with Gasteiger partial charge in [-0.2, -0.15) is 0 Å². The van der Waals surface area contributed by atoms with Gasteiger partial charge in [-0.25, -0.2) is 4.79 Å². The smallest absolute Gasteiger partial charge is 0.414 e. The van der Waals surface area contributed by atoms with Gasteiger partial charge in [-0.15, -0.1) is 0 Å². The van der Waals surface area contributed by atoms with E-state index in [2.05, 4.69) is 15.9 Å². The minimum atomic E-state index is -0.648. The summed E-state index contributed by atoms with van der Waals surface area (Å²) in [5, 5.41) is 0. The molecule has 1 unspecified atom stereocenters. The maximum Gasteiger partial charge on any atom is 0.414 e. The van der Waals surface area contributed by atoms with Crippen LogP contribution in [0.3, 0.4) is 0 Å². The fourth-order valence-corrected chi connectivity index (χ4v) is 5.01. The van der Waals surface area contributed by atoms with Crippen LogP contribution in [0.4, 0.5) is 4.79 Å². The summed E-state index contributed by atoms with van der Waals surface area (Å²) in [6.07, 6.45) is 3.89. The van der Waals surface area contributed by atoms with Crippen molar-refractivity contribution in [2.24, 2.45) is 0 Å². The Labute approximate surface area is 196 Å². The Hall–Kier alpha value is -2.80. The maximum absolute atomic E-state index is 13.5. The fourth-order valence-electron chi connectivity index (χ4n) is 4.30. The van der Waals surface area contributed by atoms with Gasteiger partial charge in [-0.05, 0) is 63.1 Å². The molecule has 1 atom stereocenters. The predicted octanol–water partition coefficient (Wildman–Crippen LogP) is 5.46. The molecular weight excluding hydrogens is 472 g/mol. The number of methoxy groups -OCH3 is 1. The van der Waals surface area contributed by atoms with Crippen LogP contribution in [0.25, 0.3) is 0 Å². The van der Waals surface area contributed by atoms with Crippen molar-refractivity contribution >= 4 is 27.9 Å². The van der Waals surface area contributed by atoms with Crippen molar-refractivity contribution in [1.82, 2.24) is 9.80 Å². The zero-order chi connectivity index (χ0) is 23.1. The van der Waals surface area contributed by atoms with Crippen LogP contribution >= 0.6 is 15.9 Å². The highest BCUT2D eigenvalue weighted by molar-refractivity contribution is 9.10. The number of carbonyl (C=O) groups is 2. The number of halogens is 1. The minimum Gasteiger partial charge on any atom is -0.497 e. The van der Waals surface area contributed by atoms with E-state index < -0.39 is 11.1 Å². The third-order valence-electron chi connectivity index (χ3n) is 5.80. The molecule has 168 valence electrons. The van der Waals surface area contributed by atoms with E-state index in [4.69, 9.17) is 9.47 Å². The van der Waals surface area contributed by atoms with Crippen molar-refractivity contribution in [2.45, 2.75) is 44.9 Å². The first kappa shape index (κ1) is 22.4. The number of fused-ring (bicyclic) bond motifs is 2. The van der Waals surface area contributed by atoms with Gasteiger partial charge in [-0.1, -0.05) is 34.1 Å². The van der Waals surface area contributed by atoms with Crippen LogP contribution in [0.2, 0.25) is 0 Å². The minimum absolute atomic E-state index is 0.0208. The number of carbonyl (C=O) groups excluding carboxylic acids is 2. The molecule has 32 heavy (non-hydrogen) atoms. The summed E-state index contributed by atoms with van der Waals surface area (Å²) >= 11 is 3.67. The van der Waals surface area contributed by atoms with Gasteiger partial charge in [0, 0.05) is 34.9 Å². The summed E-state index contributed by atoms with van der Waals surface area (Å²) in [5.74, 6) is 0.750. The van der Waals surface area contributed by atoms with Crippen LogP contribution in [-0.4, -0.2) is 41.1 Å². The van der Waals surface area contributed by atoms with Gasteiger partial charge in [0.05, 0.1) is 12.6 Å². The summed E-state index contributed by atoms with van der Waals surface area (Å²) in [6, 6.07) is 13.4. The lowest BCUT2D eigenvalue weighted by molar-refractivity contribution is 0.0268. The molecule has 6 nitrogen and oxygen atoms in total. The van der Waals surface area contributed by atoms with Gasteiger partial charge >= 0.3 is 6.09 Å². The van der Waals surface area contributed by atoms with Crippen LogP contribution in [-0.2, 0) is 16.8 Å². The van der Waals surface area contributed by atoms with E-state index >= 15 is 0 Å². The van der Waals surface area contributed by atoms with E-state index in [1.807, 2.05) is 74.2 Å². The topological polar surface area (TPSA) is 59.1 Å². The molecule has 0 bridgehead atoms. The van der Waals surface area contributed by atoms with Crippen molar-refractivity contribution in [3.8, 4) is 5.75 Å². The lowest BCUT2D eigenvalue weighted by Crippen LogP contribution is -2.48. The molecule has 0 N–H and O–H groups in total. The molecular formula is C25H27BrN2O4. The Balaban J connectivity index is 1.70. The Bertz CT molecular complexity index is 1070. The number of nitrogens with zero attached hydrogens (tertiary/aromatic N) is 2. The molecule has 1 spiro atoms. The largest absolute Gasteiger partial charge is 0.497 e. The van der Waals surface area contributed by atoms with Crippen LogP contribution in [0, 0.1) is 0 Å². The lowest BCUT2D eigenvalue weighted by atomic mass is 9.84. The monoisotopic (exact) mass is 498 g/mol. The highest BCUT2D eigenvalue weighted by Crippen LogP contribution is 2.48. The quantitative estimate of drug-likeness (QED) is 0.563. The first-order valence-corrected chi connectivity index (χ1v) is 11.4. The van der Waals surface area contributed by atoms with E-state index in [0.717, 1.165) is 21.3 Å². The van der Waals surface area contributed by atoms with Crippen molar-refractivity contribution in [3.63, 3.8) is 0 Å². The van der Waals surface area contributed by atoms with Gasteiger partial charge in [0.25, 0.3) is 5.91 Å². The highest BCUT2D eigenvalue weighted by Gasteiger charge is 2.50. The standard InChI is InChI=1S/C25H27BrN2O4/c1-24(2,3)32-23(30)27-14-12-25(13-15-27)21-19(6-5-7-20(21)26)22(29)28(25)16-17-8-10-18(31-4)11-9-17/h5-12,14H,13,15-16H2,1-4H3. The molecule has 7 heteroatoms. The van der Waals surface area contributed by atoms with Gasteiger partial charge in [0.15, 0.2) is 0 Å². The zero-order valence-corrected chi connectivity index (χ0v) is 20.3. The summed E-state index contributed by atoms with van der Waals surface area (Å²) in [4.78, 5) is 29.5. The fraction of sp³-hybridized carbons (Fsp3) is 0.360. The molecule has 2 aromatic rings. The van der Waals surface area contributed by atoms with Crippen molar-refractivity contribution in [2.75, 3.05) is 13.7 Å². The normalized spacial score (nSPS) is 20.0. The number of rotatable bonds is 3. The molecule has 0 aromatic heterocycles. The lowest BCUT2D eigenvalue weighted by Gasteiger charge is -2.41. The molecule has 2 amide bonds. The Morgan fingerprint density at radius 2 is 1.88 bits per heavy atom. The van der Waals surface area contributed by atoms with Crippen molar-refractivity contribution in [1.29, 1.82) is 0 Å². The first-order valence-electron chi connectivity index (χ1n) is 10.6. The third kappa shape index (κ3) is 4.01. The van der Waals surface area contributed by atoms with Gasteiger partial charge in [0.1, 0.15) is 11.4 Å². The Morgan fingerprint density at radius 1 is 1.16 bits per heavy atom. The molecule has 0 aliphatic carbocycles. The van der Waals surface area contributed by atoms with Crippen LogP contribution < -0.4 is 4.74 Å². The molecule has 0 saturated carbocycles. The van der Waals surface area contributed by atoms with E-state index in [1.54, 1.807) is 18.2 Å². The number of benzene rings is 2. The van der Waals surface area contributed by atoms with Crippen molar-refractivity contribution < 1.29 is 19.1 Å². The second-order valence-corrected chi connectivity index (χ2v) is 9.92. The molecule has 2 heterocycles. The molecule has 0 saturated heterocycles. The number of hydrogen-bond donors (Lipinski definition) is 0. The SMILES string of the molecule is COc1ccc(CN2C(=O)c3cccc(Br)c3C23C=CN(C(=O)OC(C)(C)C)CC3)cc1.